The van der Waals surface area contributed by atoms with Crippen molar-refractivity contribution in [2.24, 2.45) is 0 Å². The van der Waals surface area contributed by atoms with Crippen LogP contribution in [0.15, 0.2) is 42.6 Å². The summed E-state index contributed by atoms with van der Waals surface area (Å²) in [6.45, 7) is 3.28. The van der Waals surface area contributed by atoms with Gasteiger partial charge >= 0.3 is 0 Å². The molecule has 0 aliphatic heterocycles. The summed E-state index contributed by atoms with van der Waals surface area (Å²) in [5.41, 5.74) is 1.54. The van der Waals surface area contributed by atoms with Crippen molar-refractivity contribution in [3.05, 3.63) is 63.9 Å². The van der Waals surface area contributed by atoms with Crippen LogP contribution in [0.25, 0.3) is 0 Å². The number of benzene rings is 1. The van der Waals surface area contributed by atoms with Crippen molar-refractivity contribution >= 4 is 29.1 Å². The Bertz CT molecular complexity index is 617. The molecule has 0 saturated heterocycles. The molecule has 2 aromatic rings. The van der Waals surface area contributed by atoms with Crippen LogP contribution in [0.1, 0.15) is 29.3 Å². The van der Waals surface area contributed by atoms with E-state index in [-0.39, 0.29) is 11.1 Å². The zero-order valence-corrected chi connectivity index (χ0v) is 13.2. The van der Waals surface area contributed by atoms with E-state index in [0.29, 0.717) is 23.7 Å². The molecule has 0 saturated carbocycles. The molecule has 110 valence electrons. The topological polar surface area (TPSA) is 33.2 Å². The number of halogens is 2. The molecule has 0 unspecified atom stereocenters. The van der Waals surface area contributed by atoms with Crippen molar-refractivity contribution < 1.29 is 4.79 Å². The molecule has 0 bridgehead atoms. The largest absolute Gasteiger partial charge is 0.334 e. The van der Waals surface area contributed by atoms with Gasteiger partial charge in [-0.05, 0) is 18.1 Å². The molecule has 2 rings (SSSR count). The number of hydrogen-bond donors (Lipinski definition) is 0. The molecule has 0 N–H and O–H groups in total. The lowest BCUT2D eigenvalue weighted by Crippen LogP contribution is -2.31. The van der Waals surface area contributed by atoms with E-state index in [1.807, 2.05) is 37.3 Å². The average Bonchev–Trinajstić information content (AvgIpc) is 2.50. The van der Waals surface area contributed by atoms with E-state index in [0.717, 1.165) is 12.0 Å². The van der Waals surface area contributed by atoms with Gasteiger partial charge in [-0.2, -0.15) is 0 Å². The van der Waals surface area contributed by atoms with Crippen molar-refractivity contribution in [3.63, 3.8) is 0 Å². The van der Waals surface area contributed by atoms with Gasteiger partial charge in [-0.1, -0.05) is 60.5 Å². The molecule has 0 spiro atoms. The number of carbonyl (C=O) groups is 1. The van der Waals surface area contributed by atoms with Crippen LogP contribution in [0.2, 0.25) is 10.2 Å². The van der Waals surface area contributed by atoms with Crippen LogP contribution in [0.3, 0.4) is 0 Å². The van der Waals surface area contributed by atoms with E-state index < -0.39 is 0 Å². The Morgan fingerprint density at radius 2 is 1.95 bits per heavy atom. The third kappa shape index (κ3) is 4.19. The number of hydrogen-bond acceptors (Lipinski definition) is 2. The maximum absolute atomic E-state index is 12.6. The first-order valence-electron chi connectivity index (χ1n) is 6.76. The average molecular weight is 323 g/mol. The third-order valence-corrected chi connectivity index (χ3v) is 3.73. The van der Waals surface area contributed by atoms with Gasteiger partial charge in [0.2, 0.25) is 0 Å². The lowest BCUT2D eigenvalue weighted by Gasteiger charge is -2.22. The molecule has 3 nitrogen and oxygen atoms in total. The van der Waals surface area contributed by atoms with E-state index in [2.05, 4.69) is 4.98 Å². The summed E-state index contributed by atoms with van der Waals surface area (Å²) in [5, 5.41) is 0.497. The second kappa shape index (κ2) is 7.43. The number of amides is 1. The van der Waals surface area contributed by atoms with Gasteiger partial charge in [0.25, 0.3) is 5.91 Å². The predicted molar refractivity (Wildman–Crippen MR) is 85.7 cm³/mol. The molecule has 0 atom stereocenters. The molecular weight excluding hydrogens is 307 g/mol. The van der Waals surface area contributed by atoms with E-state index in [4.69, 9.17) is 23.2 Å². The van der Waals surface area contributed by atoms with Gasteiger partial charge in [0, 0.05) is 19.3 Å². The summed E-state index contributed by atoms with van der Waals surface area (Å²) in [5.74, 6) is -0.0910. The highest BCUT2D eigenvalue weighted by molar-refractivity contribution is 6.41. The zero-order chi connectivity index (χ0) is 15.2. The molecular formula is C16H16Cl2N2O. The minimum absolute atomic E-state index is 0.0910. The first kappa shape index (κ1) is 15.8. The molecule has 0 radical (unpaired) electrons. The van der Waals surface area contributed by atoms with Crippen LogP contribution >= 0.6 is 23.2 Å². The number of carbonyl (C=O) groups excluding carboxylic acids is 1. The van der Waals surface area contributed by atoms with Crippen LogP contribution in [0.5, 0.6) is 0 Å². The fourth-order valence-corrected chi connectivity index (χ4v) is 2.32. The molecule has 0 fully saturated rings. The highest BCUT2D eigenvalue weighted by atomic mass is 35.5. The highest BCUT2D eigenvalue weighted by Gasteiger charge is 2.17. The first-order chi connectivity index (χ1) is 10.1. The number of aromatic nitrogens is 1. The van der Waals surface area contributed by atoms with Crippen molar-refractivity contribution in [1.29, 1.82) is 0 Å². The fraction of sp³-hybridized carbons (Fsp3) is 0.250. The van der Waals surface area contributed by atoms with Crippen LogP contribution < -0.4 is 0 Å². The minimum Gasteiger partial charge on any atom is -0.334 e. The maximum atomic E-state index is 12.6. The van der Waals surface area contributed by atoms with E-state index in [1.165, 1.54) is 6.20 Å². The molecule has 1 aromatic heterocycles. The van der Waals surface area contributed by atoms with Crippen molar-refractivity contribution in [2.75, 3.05) is 6.54 Å². The van der Waals surface area contributed by atoms with Crippen LogP contribution in [-0.2, 0) is 6.54 Å². The predicted octanol–water partition coefficient (Wildman–Crippen LogP) is 4.44. The number of pyridine rings is 1. The number of nitrogens with zero attached hydrogens (tertiary/aromatic N) is 2. The lowest BCUT2D eigenvalue weighted by molar-refractivity contribution is 0.0743. The SMILES string of the molecule is CCCN(Cc1ccccc1)C(=O)c1cnc(Cl)c(Cl)c1. The quantitative estimate of drug-likeness (QED) is 0.762. The molecule has 0 aliphatic carbocycles. The Hall–Kier alpha value is -1.58. The van der Waals surface area contributed by atoms with Gasteiger partial charge in [0.05, 0.1) is 10.6 Å². The van der Waals surface area contributed by atoms with Crippen molar-refractivity contribution in [3.8, 4) is 0 Å². The van der Waals surface area contributed by atoms with Crippen LogP contribution in [0, 0.1) is 0 Å². The van der Waals surface area contributed by atoms with Crippen LogP contribution in [-0.4, -0.2) is 22.3 Å². The summed E-state index contributed by atoms with van der Waals surface area (Å²) in [6, 6.07) is 11.5. The van der Waals surface area contributed by atoms with Gasteiger partial charge < -0.3 is 4.90 Å². The van der Waals surface area contributed by atoms with E-state index in [9.17, 15) is 4.79 Å². The van der Waals surface area contributed by atoms with E-state index >= 15 is 0 Å². The molecule has 1 amide bonds. The van der Waals surface area contributed by atoms with E-state index in [1.54, 1.807) is 11.0 Å². The second-order valence-electron chi connectivity index (χ2n) is 4.71. The monoisotopic (exact) mass is 322 g/mol. The Labute approximate surface area is 134 Å². The second-order valence-corrected chi connectivity index (χ2v) is 5.47. The third-order valence-electron chi connectivity index (χ3n) is 3.04. The zero-order valence-electron chi connectivity index (χ0n) is 11.7. The minimum atomic E-state index is -0.0910. The van der Waals surface area contributed by atoms with Crippen molar-refractivity contribution in [1.82, 2.24) is 9.88 Å². The highest BCUT2D eigenvalue weighted by Crippen LogP contribution is 2.21. The van der Waals surface area contributed by atoms with Gasteiger partial charge in [-0.3, -0.25) is 4.79 Å². The van der Waals surface area contributed by atoms with Gasteiger partial charge in [-0.15, -0.1) is 0 Å². The number of rotatable bonds is 5. The Morgan fingerprint density at radius 1 is 1.24 bits per heavy atom. The Balaban J connectivity index is 2.20. The fourth-order valence-electron chi connectivity index (χ4n) is 2.05. The van der Waals surface area contributed by atoms with Gasteiger partial charge in [-0.25, -0.2) is 4.98 Å². The summed E-state index contributed by atoms with van der Waals surface area (Å²) >= 11 is 11.7. The summed E-state index contributed by atoms with van der Waals surface area (Å²) in [4.78, 5) is 18.3. The normalized spacial score (nSPS) is 10.4. The molecule has 1 heterocycles. The lowest BCUT2D eigenvalue weighted by atomic mass is 10.2. The molecule has 1 aromatic carbocycles. The summed E-state index contributed by atoms with van der Waals surface area (Å²) in [6.07, 6.45) is 2.34. The standard InChI is InChI=1S/C16H16Cl2N2O/c1-2-8-20(11-12-6-4-3-5-7-12)16(21)13-9-14(17)15(18)19-10-13/h3-7,9-10H,2,8,11H2,1H3. The Kier molecular flexibility index (Phi) is 5.59. The first-order valence-corrected chi connectivity index (χ1v) is 7.51. The Morgan fingerprint density at radius 3 is 2.57 bits per heavy atom. The summed E-state index contributed by atoms with van der Waals surface area (Å²) < 4.78 is 0. The van der Waals surface area contributed by atoms with Gasteiger partial charge in [0.15, 0.2) is 0 Å². The van der Waals surface area contributed by atoms with Crippen LogP contribution in [0.4, 0.5) is 0 Å². The van der Waals surface area contributed by atoms with Gasteiger partial charge in [0.1, 0.15) is 5.15 Å². The van der Waals surface area contributed by atoms with Crippen molar-refractivity contribution in [2.45, 2.75) is 19.9 Å². The summed E-state index contributed by atoms with van der Waals surface area (Å²) in [7, 11) is 0. The molecule has 0 aliphatic rings. The molecule has 21 heavy (non-hydrogen) atoms. The maximum Gasteiger partial charge on any atom is 0.255 e. The molecule has 5 heteroatoms. The smallest absolute Gasteiger partial charge is 0.255 e.